The first-order valence-electron chi connectivity index (χ1n) is 8.38. The molecule has 1 aliphatic heterocycles. The number of methoxy groups -OCH3 is 1. The molecule has 0 saturated carbocycles. The Morgan fingerprint density at radius 1 is 1.27 bits per heavy atom. The molecule has 0 aliphatic carbocycles. The second-order valence-corrected chi connectivity index (χ2v) is 6.38. The molecule has 4 rings (SSSR count). The van der Waals surface area contributed by atoms with Gasteiger partial charge >= 0.3 is 0 Å². The van der Waals surface area contributed by atoms with Crippen molar-refractivity contribution in [1.82, 2.24) is 9.55 Å². The van der Waals surface area contributed by atoms with Crippen LogP contribution in [0.15, 0.2) is 48.8 Å². The maximum Gasteiger partial charge on any atom is 0.225 e. The van der Waals surface area contributed by atoms with Crippen LogP contribution in [-0.4, -0.2) is 27.7 Å². The van der Waals surface area contributed by atoms with Crippen LogP contribution in [0.5, 0.6) is 11.5 Å². The Morgan fingerprint density at radius 2 is 2.04 bits per heavy atom. The number of benzene rings is 2. The minimum Gasteiger partial charge on any atom is -0.508 e. The molecule has 1 aliphatic rings. The van der Waals surface area contributed by atoms with Gasteiger partial charge in [0.15, 0.2) is 0 Å². The summed E-state index contributed by atoms with van der Waals surface area (Å²) in [5, 5.41) is 12.8. The quantitative estimate of drug-likeness (QED) is 0.760. The molecular formula is C20H19N3O3. The highest BCUT2D eigenvalue weighted by atomic mass is 16.5. The Balaban J connectivity index is 1.81. The van der Waals surface area contributed by atoms with Crippen LogP contribution in [0.1, 0.15) is 29.3 Å². The highest BCUT2D eigenvalue weighted by Crippen LogP contribution is 2.40. The predicted octanol–water partition coefficient (Wildman–Crippen LogP) is 3.37. The van der Waals surface area contributed by atoms with E-state index in [9.17, 15) is 9.90 Å². The lowest BCUT2D eigenvalue weighted by Gasteiger charge is -2.26. The van der Waals surface area contributed by atoms with Crippen LogP contribution < -0.4 is 10.1 Å². The van der Waals surface area contributed by atoms with Gasteiger partial charge in [-0.3, -0.25) is 4.79 Å². The van der Waals surface area contributed by atoms with E-state index >= 15 is 0 Å². The Hall–Kier alpha value is -3.28. The van der Waals surface area contributed by atoms with Gasteiger partial charge in [-0.25, -0.2) is 4.98 Å². The Labute approximate surface area is 151 Å². The van der Waals surface area contributed by atoms with Crippen molar-refractivity contribution in [3.63, 3.8) is 0 Å². The first-order chi connectivity index (χ1) is 12.6. The summed E-state index contributed by atoms with van der Waals surface area (Å²) < 4.78 is 7.20. The average molecular weight is 349 g/mol. The van der Waals surface area contributed by atoms with Gasteiger partial charge in [-0.1, -0.05) is 0 Å². The van der Waals surface area contributed by atoms with E-state index in [1.165, 1.54) is 0 Å². The smallest absolute Gasteiger partial charge is 0.225 e. The molecule has 3 aromatic rings. The number of anilines is 1. The van der Waals surface area contributed by atoms with E-state index in [4.69, 9.17) is 4.74 Å². The van der Waals surface area contributed by atoms with E-state index < -0.39 is 0 Å². The van der Waals surface area contributed by atoms with Crippen LogP contribution in [0.3, 0.4) is 0 Å². The third-order valence-corrected chi connectivity index (χ3v) is 4.74. The van der Waals surface area contributed by atoms with Crippen molar-refractivity contribution in [3.8, 4) is 17.2 Å². The minimum absolute atomic E-state index is 0.0879. The molecule has 0 spiro atoms. The molecular weight excluding hydrogens is 330 g/mol. The lowest BCUT2D eigenvalue weighted by molar-refractivity contribution is -0.116. The molecule has 2 heterocycles. The second kappa shape index (κ2) is 6.22. The molecule has 2 N–H and O–H groups in total. The van der Waals surface area contributed by atoms with Crippen molar-refractivity contribution >= 4 is 11.6 Å². The number of imidazole rings is 1. The van der Waals surface area contributed by atoms with Gasteiger partial charge in [-0.15, -0.1) is 0 Å². The summed E-state index contributed by atoms with van der Waals surface area (Å²) in [6.07, 6.45) is 3.93. The number of aromatic nitrogens is 2. The van der Waals surface area contributed by atoms with Gasteiger partial charge in [0.05, 0.1) is 13.0 Å². The first-order valence-corrected chi connectivity index (χ1v) is 8.38. The highest BCUT2D eigenvalue weighted by Gasteiger charge is 2.30. The SMILES string of the molecule is COc1ccc(-n2ccnc2[C@@H]2CC(=O)Nc3cc(O)c(C)cc32)cc1. The van der Waals surface area contributed by atoms with Crippen LogP contribution >= 0.6 is 0 Å². The average Bonchev–Trinajstić information content (AvgIpc) is 3.12. The lowest BCUT2D eigenvalue weighted by Crippen LogP contribution is -2.25. The van der Waals surface area contributed by atoms with Gasteiger partial charge in [0.1, 0.15) is 17.3 Å². The van der Waals surface area contributed by atoms with Crippen molar-refractivity contribution in [2.45, 2.75) is 19.3 Å². The summed E-state index contributed by atoms with van der Waals surface area (Å²) in [6.45, 7) is 1.85. The lowest BCUT2D eigenvalue weighted by atomic mass is 9.88. The number of carbonyl (C=O) groups is 1. The van der Waals surface area contributed by atoms with Gasteiger partial charge in [0.25, 0.3) is 0 Å². The van der Waals surface area contributed by atoms with Crippen molar-refractivity contribution in [3.05, 3.63) is 65.7 Å². The van der Waals surface area contributed by atoms with Crippen LogP contribution in [0.25, 0.3) is 5.69 Å². The normalized spacial score (nSPS) is 16.1. The van der Waals surface area contributed by atoms with Gasteiger partial charge in [-0.05, 0) is 48.4 Å². The maximum absolute atomic E-state index is 12.2. The van der Waals surface area contributed by atoms with E-state index in [-0.39, 0.29) is 17.6 Å². The molecule has 0 radical (unpaired) electrons. The number of fused-ring (bicyclic) bond motifs is 1. The second-order valence-electron chi connectivity index (χ2n) is 6.38. The number of ether oxygens (including phenoxy) is 1. The maximum atomic E-state index is 12.2. The Morgan fingerprint density at radius 3 is 2.77 bits per heavy atom. The van der Waals surface area contributed by atoms with Crippen molar-refractivity contribution in [2.24, 2.45) is 0 Å². The number of nitrogens with zero attached hydrogens (tertiary/aromatic N) is 2. The Kier molecular flexibility index (Phi) is 3.88. The molecule has 1 amide bonds. The van der Waals surface area contributed by atoms with Crippen molar-refractivity contribution in [2.75, 3.05) is 12.4 Å². The largest absolute Gasteiger partial charge is 0.508 e. The zero-order valence-corrected chi connectivity index (χ0v) is 14.6. The topological polar surface area (TPSA) is 76.4 Å². The number of carbonyl (C=O) groups excluding carboxylic acids is 1. The van der Waals surface area contributed by atoms with E-state index in [1.807, 2.05) is 48.0 Å². The number of rotatable bonds is 3. The summed E-state index contributed by atoms with van der Waals surface area (Å²) in [5.74, 6) is 1.47. The van der Waals surface area contributed by atoms with Gasteiger partial charge < -0.3 is 19.7 Å². The molecule has 6 heteroatoms. The van der Waals surface area contributed by atoms with Gasteiger partial charge in [0, 0.05) is 36.3 Å². The van der Waals surface area contributed by atoms with Crippen molar-refractivity contribution < 1.29 is 14.6 Å². The van der Waals surface area contributed by atoms with E-state index in [0.717, 1.165) is 28.4 Å². The molecule has 0 fully saturated rings. The molecule has 132 valence electrons. The monoisotopic (exact) mass is 349 g/mol. The molecule has 0 saturated heterocycles. The number of phenols is 1. The Bertz CT molecular complexity index is 976. The zero-order valence-electron chi connectivity index (χ0n) is 14.6. The van der Waals surface area contributed by atoms with Gasteiger partial charge in [0.2, 0.25) is 5.91 Å². The van der Waals surface area contributed by atoms with Gasteiger partial charge in [-0.2, -0.15) is 0 Å². The number of amides is 1. The molecule has 26 heavy (non-hydrogen) atoms. The molecule has 2 aromatic carbocycles. The van der Waals surface area contributed by atoms with Crippen molar-refractivity contribution in [1.29, 1.82) is 0 Å². The zero-order chi connectivity index (χ0) is 18.3. The summed E-state index contributed by atoms with van der Waals surface area (Å²) >= 11 is 0. The third kappa shape index (κ3) is 2.69. The summed E-state index contributed by atoms with van der Waals surface area (Å²) in [5.41, 5.74) is 3.31. The molecule has 0 bridgehead atoms. The fraction of sp³-hybridized carbons (Fsp3) is 0.200. The minimum atomic E-state index is -0.185. The van der Waals surface area contributed by atoms with Crippen LogP contribution in [0.4, 0.5) is 5.69 Å². The molecule has 1 atom stereocenters. The van der Waals surface area contributed by atoms with E-state index in [0.29, 0.717) is 12.1 Å². The highest BCUT2D eigenvalue weighted by molar-refractivity contribution is 5.95. The number of hydrogen-bond donors (Lipinski definition) is 2. The molecule has 1 aromatic heterocycles. The summed E-state index contributed by atoms with van der Waals surface area (Å²) in [7, 11) is 1.63. The fourth-order valence-corrected chi connectivity index (χ4v) is 3.38. The van der Waals surface area contributed by atoms with E-state index in [2.05, 4.69) is 10.3 Å². The number of aryl methyl sites for hydroxylation is 1. The number of aromatic hydroxyl groups is 1. The number of nitrogens with one attached hydrogen (secondary N) is 1. The van der Waals surface area contributed by atoms with Crippen LogP contribution in [-0.2, 0) is 4.79 Å². The predicted molar refractivity (Wildman–Crippen MR) is 98.0 cm³/mol. The standard InChI is InChI=1S/C20H19N3O3/c1-12-9-15-16(10-19(25)22-17(15)11-18(12)24)20-21-7-8-23(20)13-3-5-14(26-2)6-4-13/h3-9,11,16,24H,10H2,1-2H3,(H,22,25)/t16-/m1/s1. The van der Waals surface area contributed by atoms with Crippen LogP contribution in [0, 0.1) is 6.92 Å². The van der Waals surface area contributed by atoms with Crippen LogP contribution in [0.2, 0.25) is 0 Å². The molecule has 0 unspecified atom stereocenters. The number of phenolic OH excluding ortho intramolecular Hbond substituents is 1. The summed E-state index contributed by atoms with van der Waals surface area (Å²) in [4.78, 5) is 16.7. The third-order valence-electron chi connectivity index (χ3n) is 4.74. The fourth-order valence-electron chi connectivity index (χ4n) is 3.38. The number of hydrogen-bond acceptors (Lipinski definition) is 4. The molecule has 6 nitrogen and oxygen atoms in total. The first kappa shape index (κ1) is 16.2. The van der Waals surface area contributed by atoms with E-state index in [1.54, 1.807) is 19.4 Å². The summed E-state index contributed by atoms with van der Waals surface area (Å²) in [6, 6.07) is 11.2.